The van der Waals surface area contributed by atoms with Gasteiger partial charge in [0.25, 0.3) is 0 Å². The molecule has 0 aliphatic heterocycles. The first-order valence-corrected chi connectivity index (χ1v) is 4.00. The molecule has 64 valence electrons. The quantitative estimate of drug-likeness (QED) is 0.751. The van der Waals surface area contributed by atoms with Gasteiger partial charge in [0.1, 0.15) is 5.69 Å². The summed E-state index contributed by atoms with van der Waals surface area (Å²) in [6.07, 6.45) is 3.58. The number of aromatic nitrogens is 3. The minimum atomic E-state index is 0.843. The Morgan fingerprint density at radius 1 is 1.31 bits per heavy atom. The summed E-state index contributed by atoms with van der Waals surface area (Å²) in [6.45, 7) is 3.74. The van der Waals surface area contributed by atoms with Gasteiger partial charge >= 0.3 is 0 Å². The number of rotatable bonds is 2. The molecule has 1 aromatic heterocycles. The fraction of sp³-hybridized carbons (Fsp3) is 0. The number of nitrogens with one attached hydrogen (secondary N) is 1. The van der Waals surface area contributed by atoms with E-state index in [0.29, 0.717) is 0 Å². The lowest BCUT2D eigenvalue weighted by atomic mass is 10.1. The summed E-state index contributed by atoms with van der Waals surface area (Å²) < 4.78 is 0. The highest BCUT2D eigenvalue weighted by Gasteiger charge is 2.03. The first-order chi connectivity index (χ1) is 6.42. The van der Waals surface area contributed by atoms with Gasteiger partial charge in [0.05, 0.1) is 6.20 Å². The lowest BCUT2D eigenvalue weighted by Gasteiger charge is -1.99. The molecule has 1 heterocycles. The molecule has 0 saturated carbocycles. The van der Waals surface area contributed by atoms with Crippen molar-refractivity contribution in [2.75, 3.05) is 0 Å². The number of H-pyrrole nitrogens is 1. The third-order valence-electron chi connectivity index (χ3n) is 1.87. The number of hydrogen-bond acceptors (Lipinski definition) is 2. The van der Waals surface area contributed by atoms with Gasteiger partial charge < -0.3 is 0 Å². The number of nitrogens with zero attached hydrogens (tertiary/aromatic N) is 2. The van der Waals surface area contributed by atoms with Crippen LogP contribution in [0.3, 0.4) is 0 Å². The maximum absolute atomic E-state index is 3.94. The van der Waals surface area contributed by atoms with Crippen molar-refractivity contribution in [3.05, 3.63) is 42.6 Å². The molecular weight excluding hydrogens is 162 g/mol. The van der Waals surface area contributed by atoms with E-state index in [0.717, 1.165) is 16.8 Å². The Labute approximate surface area is 76.1 Å². The van der Waals surface area contributed by atoms with Crippen LogP contribution in [0.5, 0.6) is 0 Å². The van der Waals surface area contributed by atoms with Crippen LogP contribution in [0.25, 0.3) is 17.3 Å². The van der Waals surface area contributed by atoms with Crippen LogP contribution in [0, 0.1) is 0 Å². The smallest absolute Gasteiger partial charge is 0.113 e. The van der Waals surface area contributed by atoms with E-state index in [1.807, 2.05) is 30.3 Å². The molecule has 1 N–H and O–H groups in total. The monoisotopic (exact) mass is 171 g/mol. The molecule has 0 aliphatic rings. The van der Waals surface area contributed by atoms with Gasteiger partial charge in [-0.05, 0) is 5.56 Å². The molecule has 0 radical (unpaired) electrons. The van der Waals surface area contributed by atoms with E-state index in [-0.39, 0.29) is 0 Å². The third kappa shape index (κ3) is 1.36. The van der Waals surface area contributed by atoms with Gasteiger partial charge in [-0.25, -0.2) is 0 Å². The average molecular weight is 171 g/mol. The minimum absolute atomic E-state index is 0.843. The molecular formula is C10H9N3. The van der Waals surface area contributed by atoms with Gasteiger partial charge in [0, 0.05) is 5.56 Å². The summed E-state index contributed by atoms with van der Waals surface area (Å²) in [5, 5.41) is 10.3. The standard InChI is InChI=1S/C10H9N3/c1-2-8-5-3-4-6-9(8)10-7-11-13-12-10/h2-7H,1H2,(H,11,12,13). The summed E-state index contributed by atoms with van der Waals surface area (Å²) in [5.41, 5.74) is 2.96. The molecule has 0 aliphatic carbocycles. The molecule has 0 fully saturated rings. The van der Waals surface area contributed by atoms with Crippen molar-refractivity contribution >= 4 is 6.08 Å². The van der Waals surface area contributed by atoms with E-state index in [9.17, 15) is 0 Å². The van der Waals surface area contributed by atoms with Crippen LogP contribution in [-0.4, -0.2) is 15.4 Å². The lowest BCUT2D eigenvalue weighted by Crippen LogP contribution is -1.82. The van der Waals surface area contributed by atoms with Gasteiger partial charge in [0.2, 0.25) is 0 Å². The van der Waals surface area contributed by atoms with Crippen LogP contribution >= 0.6 is 0 Å². The number of hydrogen-bond donors (Lipinski definition) is 1. The minimum Gasteiger partial charge on any atom is -0.265 e. The topological polar surface area (TPSA) is 41.6 Å². The molecule has 2 aromatic rings. The number of benzene rings is 1. The van der Waals surface area contributed by atoms with Crippen molar-refractivity contribution in [3.63, 3.8) is 0 Å². The van der Waals surface area contributed by atoms with Crippen molar-refractivity contribution in [2.45, 2.75) is 0 Å². The molecule has 13 heavy (non-hydrogen) atoms. The van der Waals surface area contributed by atoms with Crippen LogP contribution in [0.15, 0.2) is 37.0 Å². The lowest BCUT2D eigenvalue weighted by molar-refractivity contribution is 0.942. The van der Waals surface area contributed by atoms with Crippen molar-refractivity contribution in [1.29, 1.82) is 0 Å². The van der Waals surface area contributed by atoms with Crippen LogP contribution in [0.2, 0.25) is 0 Å². The highest BCUT2D eigenvalue weighted by atomic mass is 15.3. The summed E-state index contributed by atoms with van der Waals surface area (Å²) in [4.78, 5) is 0. The predicted octanol–water partition coefficient (Wildman–Crippen LogP) is 2.11. The summed E-state index contributed by atoms with van der Waals surface area (Å²) in [6, 6.07) is 7.93. The number of aromatic amines is 1. The molecule has 0 saturated heterocycles. The highest BCUT2D eigenvalue weighted by Crippen LogP contribution is 2.20. The molecule has 1 aromatic carbocycles. The zero-order chi connectivity index (χ0) is 9.10. The van der Waals surface area contributed by atoms with Crippen molar-refractivity contribution < 1.29 is 0 Å². The second-order valence-electron chi connectivity index (χ2n) is 2.65. The van der Waals surface area contributed by atoms with Crippen molar-refractivity contribution in [3.8, 4) is 11.3 Å². The van der Waals surface area contributed by atoms with Crippen molar-refractivity contribution in [2.24, 2.45) is 0 Å². The van der Waals surface area contributed by atoms with E-state index < -0.39 is 0 Å². The summed E-state index contributed by atoms with van der Waals surface area (Å²) >= 11 is 0. The van der Waals surface area contributed by atoms with E-state index in [2.05, 4.69) is 22.0 Å². The van der Waals surface area contributed by atoms with E-state index >= 15 is 0 Å². The summed E-state index contributed by atoms with van der Waals surface area (Å²) in [7, 11) is 0. The average Bonchev–Trinajstić information content (AvgIpc) is 2.70. The molecule has 0 spiro atoms. The maximum Gasteiger partial charge on any atom is 0.113 e. The first kappa shape index (κ1) is 7.73. The normalized spacial score (nSPS) is 9.85. The Kier molecular flexibility index (Phi) is 1.92. The third-order valence-corrected chi connectivity index (χ3v) is 1.87. The first-order valence-electron chi connectivity index (χ1n) is 4.00. The molecule has 3 nitrogen and oxygen atoms in total. The molecule has 0 amide bonds. The molecule has 2 rings (SSSR count). The van der Waals surface area contributed by atoms with Gasteiger partial charge in [0.15, 0.2) is 0 Å². The Balaban J connectivity index is 2.57. The van der Waals surface area contributed by atoms with Crippen LogP contribution in [0.4, 0.5) is 0 Å². The SMILES string of the molecule is C=Cc1ccccc1-c1c[nH]nn1. The molecule has 0 bridgehead atoms. The van der Waals surface area contributed by atoms with E-state index in [1.165, 1.54) is 0 Å². The zero-order valence-corrected chi connectivity index (χ0v) is 7.07. The van der Waals surface area contributed by atoms with E-state index in [4.69, 9.17) is 0 Å². The molecule has 3 heteroatoms. The fourth-order valence-electron chi connectivity index (χ4n) is 1.24. The van der Waals surface area contributed by atoms with Crippen molar-refractivity contribution in [1.82, 2.24) is 15.4 Å². The highest BCUT2D eigenvalue weighted by molar-refractivity contribution is 5.71. The second kappa shape index (κ2) is 3.23. The molecule has 0 atom stereocenters. The van der Waals surface area contributed by atoms with Gasteiger partial charge in [-0.3, -0.25) is 5.10 Å². The van der Waals surface area contributed by atoms with Crippen LogP contribution in [0.1, 0.15) is 5.56 Å². The van der Waals surface area contributed by atoms with E-state index in [1.54, 1.807) is 6.20 Å². The largest absolute Gasteiger partial charge is 0.265 e. The van der Waals surface area contributed by atoms with Crippen LogP contribution < -0.4 is 0 Å². The van der Waals surface area contributed by atoms with Gasteiger partial charge in [-0.15, -0.1) is 5.10 Å². The second-order valence-corrected chi connectivity index (χ2v) is 2.65. The zero-order valence-electron chi connectivity index (χ0n) is 7.07. The maximum atomic E-state index is 3.94. The fourth-order valence-corrected chi connectivity index (χ4v) is 1.24. The van der Waals surface area contributed by atoms with Gasteiger partial charge in [-0.2, -0.15) is 0 Å². The molecule has 0 unspecified atom stereocenters. The Bertz CT molecular complexity index is 404. The van der Waals surface area contributed by atoms with Gasteiger partial charge in [-0.1, -0.05) is 42.1 Å². The Morgan fingerprint density at radius 3 is 2.85 bits per heavy atom. The Morgan fingerprint density at radius 2 is 2.15 bits per heavy atom. The van der Waals surface area contributed by atoms with Crippen LogP contribution in [-0.2, 0) is 0 Å². The predicted molar refractivity (Wildman–Crippen MR) is 51.9 cm³/mol. The Hall–Kier alpha value is -1.90. The summed E-state index contributed by atoms with van der Waals surface area (Å²) in [5.74, 6) is 0.